The van der Waals surface area contributed by atoms with E-state index in [1.54, 1.807) is 6.20 Å². The quantitative estimate of drug-likeness (QED) is 0.302. The van der Waals surface area contributed by atoms with Gasteiger partial charge in [-0.25, -0.2) is 4.98 Å². The molecule has 0 amide bonds. The van der Waals surface area contributed by atoms with Crippen LogP contribution < -0.4 is 0 Å². The molecule has 0 aliphatic heterocycles. The predicted molar refractivity (Wildman–Crippen MR) is 128 cm³/mol. The Morgan fingerprint density at radius 1 is 0.935 bits per heavy atom. The van der Waals surface area contributed by atoms with Crippen LogP contribution in [0.1, 0.15) is 46.5 Å². The molecule has 31 heavy (non-hydrogen) atoms. The van der Waals surface area contributed by atoms with Crippen LogP contribution in [0.15, 0.2) is 30.6 Å². The molecule has 1 heterocycles. The third-order valence-electron chi connectivity index (χ3n) is 4.95. The van der Waals surface area contributed by atoms with Crippen LogP contribution in [0.3, 0.4) is 0 Å². The van der Waals surface area contributed by atoms with Gasteiger partial charge >= 0.3 is 0 Å². The number of alkyl halides is 2. The molecular weight excluding hydrogens is 435 g/mol. The maximum Gasteiger partial charge on any atom is 0.157 e. The van der Waals surface area contributed by atoms with E-state index in [9.17, 15) is 0 Å². The van der Waals surface area contributed by atoms with Crippen molar-refractivity contribution in [3.63, 3.8) is 0 Å². The number of imidazole rings is 1. The number of rotatable bonds is 14. The minimum absolute atomic E-state index is 0.575. The van der Waals surface area contributed by atoms with Gasteiger partial charge in [-0.3, -0.25) is 0 Å². The van der Waals surface area contributed by atoms with Gasteiger partial charge in [-0.15, -0.1) is 0 Å². The van der Waals surface area contributed by atoms with Gasteiger partial charge in [0, 0.05) is 37.0 Å². The molecule has 0 radical (unpaired) electrons. The van der Waals surface area contributed by atoms with Crippen molar-refractivity contribution in [2.75, 3.05) is 54.5 Å². The Labute approximate surface area is 197 Å². The third-order valence-corrected chi connectivity index (χ3v) is 5.67. The number of hydrogen-bond donors (Lipinski definition) is 0. The van der Waals surface area contributed by atoms with Crippen LogP contribution in [0.5, 0.6) is 0 Å². The van der Waals surface area contributed by atoms with Crippen LogP contribution in [0.4, 0.5) is 0 Å². The Kier molecular flexibility index (Phi) is 11.3. The van der Waals surface area contributed by atoms with Crippen molar-refractivity contribution in [2.45, 2.75) is 30.4 Å². The molecular formula is C23H36Cl2N4O2. The first kappa shape index (κ1) is 26.1. The zero-order chi connectivity index (χ0) is 22.8. The molecule has 0 fully saturated rings. The van der Waals surface area contributed by atoms with Crippen molar-refractivity contribution in [3.05, 3.63) is 53.1 Å². The lowest BCUT2D eigenvalue weighted by Crippen LogP contribution is -2.16. The fourth-order valence-electron chi connectivity index (χ4n) is 3.20. The highest BCUT2D eigenvalue weighted by atomic mass is 35.5. The number of ether oxygens (including phenoxy) is 2. The van der Waals surface area contributed by atoms with E-state index in [1.165, 1.54) is 0 Å². The summed E-state index contributed by atoms with van der Waals surface area (Å²) in [6, 6.07) is 6.11. The van der Waals surface area contributed by atoms with E-state index in [4.69, 9.17) is 32.7 Å². The van der Waals surface area contributed by atoms with Crippen molar-refractivity contribution in [3.8, 4) is 0 Å². The molecule has 0 aliphatic rings. The molecule has 0 bridgehead atoms. The molecule has 2 unspecified atom stereocenters. The van der Waals surface area contributed by atoms with Crippen molar-refractivity contribution in [2.24, 2.45) is 7.05 Å². The van der Waals surface area contributed by atoms with Crippen molar-refractivity contribution in [1.29, 1.82) is 0 Å². The van der Waals surface area contributed by atoms with E-state index in [-0.39, 0.29) is 0 Å². The average Bonchev–Trinajstić information content (AvgIpc) is 3.12. The molecule has 6 nitrogen and oxygen atoms in total. The van der Waals surface area contributed by atoms with Gasteiger partial charge in [0.15, 0.2) is 11.1 Å². The van der Waals surface area contributed by atoms with Gasteiger partial charge < -0.3 is 23.8 Å². The summed E-state index contributed by atoms with van der Waals surface area (Å²) >= 11 is 13.3. The van der Waals surface area contributed by atoms with E-state index in [2.05, 4.69) is 26.9 Å². The summed E-state index contributed by atoms with van der Waals surface area (Å²) in [4.78, 5) is 8.68. The third kappa shape index (κ3) is 9.08. The summed E-state index contributed by atoms with van der Waals surface area (Å²) in [6.07, 6.45) is 6.27. The van der Waals surface area contributed by atoms with Crippen LogP contribution >= 0.6 is 23.2 Å². The predicted octanol–water partition coefficient (Wildman–Crippen LogP) is 4.42. The molecule has 2 rings (SSSR count). The van der Waals surface area contributed by atoms with Gasteiger partial charge in [0.1, 0.15) is 5.82 Å². The summed E-state index contributed by atoms with van der Waals surface area (Å²) in [6.45, 7) is 3.05. The van der Waals surface area contributed by atoms with Crippen LogP contribution in [0, 0.1) is 0 Å². The minimum Gasteiger partial charge on any atom is -0.358 e. The van der Waals surface area contributed by atoms with Crippen molar-refractivity contribution >= 4 is 23.2 Å². The fraction of sp³-hybridized carbons (Fsp3) is 0.609. The topological polar surface area (TPSA) is 42.8 Å². The number of aromatic nitrogens is 2. The Balaban J connectivity index is 2.12. The highest BCUT2D eigenvalue weighted by Crippen LogP contribution is 2.34. The molecule has 0 aliphatic carbocycles. The Hall–Kier alpha value is -1.15. The first-order valence-corrected chi connectivity index (χ1v) is 11.5. The lowest BCUT2D eigenvalue weighted by molar-refractivity contribution is 0.0873. The first-order valence-electron chi connectivity index (χ1n) is 10.7. The maximum atomic E-state index is 6.68. The van der Waals surface area contributed by atoms with Gasteiger partial charge in [0.25, 0.3) is 0 Å². The highest BCUT2D eigenvalue weighted by Gasteiger charge is 2.20. The minimum atomic E-state index is -0.592. The number of benzene rings is 1. The Morgan fingerprint density at radius 3 is 2.03 bits per heavy atom. The van der Waals surface area contributed by atoms with E-state index in [1.807, 2.05) is 52.1 Å². The Bertz CT molecular complexity index is 783. The summed E-state index contributed by atoms with van der Waals surface area (Å²) in [7, 11) is 10.2. The SMILES string of the molecule is CN(C)CCCOC(Cl)c1ccc(Cc2nccn2C)cc1C(Cl)OCCCN(C)C. The summed E-state index contributed by atoms with van der Waals surface area (Å²) in [5.41, 5.74) is 1.64. The molecule has 1 aromatic carbocycles. The molecule has 8 heteroatoms. The number of hydrogen-bond acceptors (Lipinski definition) is 5. The van der Waals surface area contributed by atoms with E-state index < -0.39 is 11.1 Å². The zero-order valence-corrected chi connectivity index (χ0v) is 20.9. The fourth-order valence-corrected chi connectivity index (χ4v) is 3.77. The smallest absolute Gasteiger partial charge is 0.157 e. The monoisotopic (exact) mass is 470 g/mol. The van der Waals surface area contributed by atoms with Crippen molar-refractivity contribution < 1.29 is 9.47 Å². The molecule has 2 aromatic rings. The van der Waals surface area contributed by atoms with Crippen LogP contribution in [-0.2, 0) is 22.9 Å². The number of halogens is 2. The normalized spacial score (nSPS) is 13.8. The van der Waals surface area contributed by atoms with Gasteiger partial charge in [-0.05, 0) is 59.7 Å². The van der Waals surface area contributed by atoms with Gasteiger partial charge in [-0.1, -0.05) is 41.4 Å². The number of nitrogens with zero attached hydrogens (tertiary/aromatic N) is 4. The highest BCUT2D eigenvalue weighted by molar-refractivity contribution is 6.21. The molecule has 0 N–H and O–H groups in total. The Morgan fingerprint density at radius 2 is 1.52 bits per heavy atom. The van der Waals surface area contributed by atoms with Crippen LogP contribution in [-0.4, -0.2) is 73.8 Å². The second-order valence-corrected chi connectivity index (χ2v) is 9.07. The molecule has 0 saturated carbocycles. The van der Waals surface area contributed by atoms with Gasteiger partial charge in [0.05, 0.1) is 13.2 Å². The standard InChI is InChI=1S/C23H36Cl2N4O2/c1-27(2)11-6-14-30-22(24)19-9-8-18(17-21-26-10-13-29(21)5)16-20(19)23(25)31-15-7-12-28(3)4/h8-10,13,16,22-23H,6-7,11-12,14-15,17H2,1-5H3. The molecule has 1 aromatic heterocycles. The molecule has 2 atom stereocenters. The van der Waals surface area contributed by atoms with Crippen LogP contribution in [0.2, 0.25) is 0 Å². The summed E-state index contributed by atoms with van der Waals surface area (Å²) in [5, 5.41) is 0. The number of aryl methyl sites for hydroxylation is 1. The van der Waals surface area contributed by atoms with Crippen molar-refractivity contribution in [1.82, 2.24) is 19.4 Å². The zero-order valence-electron chi connectivity index (χ0n) is 19.4. The second-order valence-electron chi connectivity index (χ2n) is 8.28. The average molecular weight is 471 g/mol. The van der Waals surface area contributed by atoms with E-state index in [0.717, 1.165) is 48.4 Å². The first-order chi connectivity index (χ1) is 14.8. The summed E-state index contributed by atoms with van der Waals surface area (Å²) in [5.74, 6) is 0.985. The molecule has 0 spiro atoms. The second kappa shape index (κ2) is 13.4. The van der Waals surface area contributed by atoms with Crippen LogP contribution in [0.25, 0.3) is 0 Å². The maximum absolute atomic E-state index is 6.68. The van der Waals surface area contributed by atoms with E-state index >= 15 is 0 Å². The lowest BCUT2D eigenvalue weighted by Gasteiger charge is -2.21. The van der Waals surface area contributed by atoms with Gasteiger partial charge in [-0.2, -0.15) is 0 Å². The van der Waals surface area contributed by atoms with E-state index in [0.29, 0.717) is 19.6 Å². The molecule has 174 valence electrons. The summed E-state index contributed by atoms with van der Waals surface area (Å²) < 4.78 is 13.8. The molecule has 0 saturated heterocycles. The lowest BCUT2D eigenvalue weighted by atomic mass is 10.0. The van der Waals surface area contributed by atoms with Gasteiger partial charge in [0.2, 0.25) is 0 Å². The largest absolute Gasteiger partial charge is 0.358 e.